The smallest absolute Gasteiger partial charge is 0.254 e. The molecule has 9 heteroatoms. The van der Waals surface area contributed by atoms with E-state index >= 15 is 0 Å². The zero-order valence-corrected chi connectivity index (χ0v) is 16.7. The maximum atomic E-state index is 12.9. The Hall–Kier alpha value is -3.20. The van der Waals surface area contributed by atoms with Crippen LogP contribution in [0.15, 0.2) is 30.3 Å². The molecule has 0 atom stereocenters. The average Bonchev–Trinajstić information content (AvgIpc) is 2.71. The quantitative estimate of drug-likeness (QED) is 0.536. The third kappa shape index (κ3) is 3.35. The Balaban J connectivity index is 1.65. The molecule has 1 fully saturated rings. The highest BCUT2D eigenvalue weighted by molar-refractivity contribution is 7.72. The van der Waals surface area contributed by atoms with Crippen molar-refractivity contribution in [2.45, 2.75) is 12.8 Å². The highest BCUT2D eigenvalue weighted by Gasteiger charge is 2.35. The van der Waals surface area contributed by atoms with Crippen LogP contribution in [0, 0.1) is 5.92 Å². The van der Waals surface area contributed by atoms with Crippen LogP contribution in [-0.2, 0) is 10.7 Å². The van der Waals surface area contributed by atoms with Gasteiger partial charge in [0, 0.05) is 29.8 Å². The van der Waals surface area contributed by atoms with Crippen molar-refractivity contribution >= 4 is 28.2 Å². The molecule has 1 saturated heterocycles. The molecule has 0 radical (unpaired) electrons. The van der Waals surface area contributed by atoms with E-state index in [1.165, 1.54) is 24.3 Å². The number of fused-ring (bicyclic) bond motifs is 2. The first-order valence-corrected chi connectivity index (χ1v) is 10.8. The van der Waals surface area contributed by atoms with Crippen LogP contribution in [0.3, 0.4) is 0 Å². The number of hydrogen-bond acceptors (Lipinski definition) is 7. The second-order valence-electron chi connectivity index (χ2n) is 7.53. The molecule has 0 unspecified atom stereocenters. The molecule has 1 amide bonds. The molecule has 0 aromatic heterocycles. The van der Waals surface area contributed by atoms with Crippen molar-refractivity contribution in [3.8, 4) is 11.5 Å². The van der Waals surface area contributed by atoms with Gasteiger partial charge in [0.15, 0.2) is 5.78 Å². The van der Waals surface area contributed by atoms with Gasteiger partial charge in [0.05, 0.1) is 16.9 Å². The summed E-state index contributed by atoms with van der Waals surface area (Å²) in [6.07, 6.45) is 1.10. The topological polar surface area (TPSA) is 129 Å². The number of carbonyl (C=O) groups excluding carboxylic acids is 3. The van der Waals surface area contributed by atoms with Gasteiger partial charge < -0.3 is 15.1 Å². The number of rotatable bonds is 3. The Labute approximate surface area is 173 Å². The summed E-state index contributed by atoms with van der Waals surface area (Å²) in [5.74, 6) is -2.38. The van der Waals surface area contributed by atoms with Gasteiger partial charge in [0.25, 0.3) is 5.91 Å². The lowest BCUT2D eigenvalue weighted by molar-refractivity contribution is 0.0697. The second-order valence-corrected chi connectivity index (χ2v) is 8.56. The van der Waals surface area contributed by atoms with Crippen LogP contribution in [0.2, 0.25) is 0 Å². The van der Waals surface area contributed by atoms with Crippen molar-refractivity contribution in [3.63, 3.8) is 0 Å². The van der Waals surface area contributed by atoms with E-state index < -0.39 is 33.9 Å². The third-order valence-electron chi connectivity index (χ3n) is 5.66. The molecule has 2 N–H and O–H groups in total. The number of likely N-dealkylation sites (tertiary alicyclic amines) is 1. The van der Waals surface area contributed by atoms with Gasteiger partial charge in [-0.25, -0.2) is 8.42 Å². The molecular formula is C21H19NO7S. The van der Waals surface area contributed by atoms with Crippen molar-refractivity contribution < 1.29 is 33.0 Å². The van der Waals surface area contributed by atoms with Gasteiger partial charge in [-0.1, -0.05) is 12.1 Å². The fraction of sp³-hybridized carbons (Fsp3) is 0.286. The minimum absolute atomic E-state index is 0.00970. The van der Waals surface area contributed by atoms with Crippen molar-refractivity contribution in [2.75, 3.05) is 18.8 Å². The number of carbonyl (C=O) groups is 3. The first-order chi connectivity index (χ1) is 14.3. The summed E-state index contributed by atoms with van der Waals surface area (Å²) < 4.78 is 21.8. The third-order valence-corrected chi connectivity index (χ3v) is 6.47. The summed E-state index contributed by atoms with van der Waals surface area (Å²) in [6.45, 7) is 0.738. The first-order valence-electron chi connectivity index (χ1n) is 9.47. The number of piperidine rings is 1. The molecule has 0 bridgehead atoms. The Morgan fingerprint density at radius 3 is 2.30 bits per heavy atom. The molecule has 30 heavy (non-hydrogen) atoms. The Kier molecular flexibility index (Phi) is 5.07. The van der Waals surface area contributed by atoms with Crippen LogP contribution >= 0.6 is 0 Å². The van der Waals surface area contributed by atoms with Gasteiger partial charge in [-0.2, -0.15) is 0 Å². The number of nitrogens with zero attached hydrogens (tertiary/aromatic N) is 1. The Bertz CT molecular complexity index is 1150. The van der Waals surface area contributed by atoms with Crippen LogP contribution in [0.4, 0.5) is 0 Å². The zero-order valence-electron chi connectivity index (χ0n) is 15.8. The van der Waals surface area contributed by atoms with Crippen molar-refractivity contribution in [2.24, 2.45) is 5.92 Å². The van der Waals surface area contributed by atoms with Crippen LogP contribution < -0.4 is 0 Å². The van der Waals surface area contributed by atoms with E-state index in [2.05, 4.69) is 0 Å². The van der Waals surface area contributed by atoms with Gasteiger partial charge in [-0.3, -0.25) is 14.4 Å². The molecule has 0 spiro atoms. The van der Waals surface area contributed by atoms with Gasteiger partial charge >= 0.3 is 0 Å². The van der Waals surface area contributed by atoms with E-state index in [-0.39, 0.29) is 45.2 Å². The van der Waals surface area contributed by atoms with Gasteiger partial charge in [-0.05, 0) is 37.0 Å². The van der Waals surface area contributed by atoms with E-state index in [1.54, 1.807) is 4.90 Å². The molecule has 2 aromatic rings. The second kappa shape index (κ2) is 7.56. The molecule has 0 saturated carbocycles. The molecule has 4 rings (SSSR count). The molecule has 2 aromatic carbocycles. The minimum atomic E-state index is -2.46. The lowest BCUT2D eigenvalue weighted by Crippen LogP contribution is -2.39. The summed E-state index contributed by atoms with van der Waals surface area (Å²) in [4.78, 5) is 40.1. The number of benzene rings is 2. The van der Waals surface area contributed by atoms with Crippen LogP contribution in [0.25, 0.3) is 0 Å². The van der Waals surface area contributed by atoms with Crippen LogP contribution in [0.1, 0.15) is 55.0 Å². The highest BCUT2D eigenvalue weighted by Crippen LogP contribution is 2.37. The molecule has 8 nitrogen and oxygen atoms in total. The number of hydrogen-bond donors (Lipinski definition) is 3. The zero-order chi connectivity index (χ0) is 21.6. The summed E-state index contributed by atoms with van der Waals surface area (Å²) in [6, 6.07) is 6.59. The maximum Gasteiger partial charge on any atom is 0.254 e. The number of aromatic hydroxyl groups is 2. The summed E-state index contributed by atoms with van der Waals surface area (Å²) in [5.41, 5.74) is -0.389. The molecule has 156 valence electrons. The number of thiol groups is 1. The highest BCUT2D eigenvalue weighted by atomic mass is 32.2. The molecule has 1 heterocycles. The van der Waals surface area contributed by atoms with E-state index in [1.807, 2.05) is 0 Å². The standard InChI is InChI=1S/C21H19NO7S/c23-15-3-1-2-13-17(15)20(26)18-14(19(13)25)8-12(9-16(18)24)21(27)22-6-4-11(5-7-22)10-30(28)29/h1-3,8-9,11,23-24,30H,4-7,10H2. The SMILES string of the molecule is O=C1c2cccc(O)c2C(=O)c2c(O)cc(C(=O)N3CCC(C[SH](=O)=O)CC3)cc21. The minimum Gasteiger partial charge on any atom is -0.507 e. The largest absolute Gasteiger partial charge is 0.507 e. The summed E-state index contributed by atoms with van der Waals surface area (Å²) >= 11 is 0. The average molecular weight is 429 g/mol. The van der Waals surface area contributed by atoms with E-state index in [4.69, 9.17) is 0 Å². The summed E-state index contributed by atoms with van der Waals surface area (Å²) in [7, 11) is -2.46. The van der Waals surface area contributed by atoms with E-state index in [9.17, 15) is 33.0 Å². The predicted molar refractivity (Wildman–Crippen MR) is 107 cm³/mol. The molecule has 2 aliphatic rings. The van der Waals surface area contributed by atoms with Gasteiger partial charge in [-0.15, -0.1) is 0 Å². The van der Waals surface area contributed by atoms with E-state index in [0.29, 0.717) is 25.9 Å². The Morgan fingerprint density at radius 2 is 1.63 bits per heavy atom. The van der Waals surface area contributed by atoms with Gasteiger partial charge in [0.2, 0.25) is 5.78 Å². The molecule has 1 aliphatic heterocycles. The van der Waals surface area contributed by atoms with Crippen molar-refractivity contribution in [3.05, 3.63) is 58.1 Å². The fourth-order valence-corrected chi connectivity index (χ4v) is 4.90. The number of amides is 1. The predicted octanol–water partition coefficient (Wildman–Crippen LogP) is 1.34. The monoisotopic (exact) mass is 429 g/mol. The van der Waals surface area contributed by atoms with Gasteiger partial charge in [0.1, 0.15) is 22.2 Å². The number of ketones is 2. The lowest BCUT2D eigenvalue weighted by Gasteiger charge is -2.31. The summed E-state index contributed by atoms with van der Waals surface area (Å²) in [5, 5.41) is 20.4. The normalized spacial score (nSPS) is 16.5. The number of phenolic OH excluding ortho intramolecular Hbond substituents is 2. The van der Waals surface area contributed by atoms with Crippen molar-refractivity contribution in [1.82, 2.24) is 4.90 Å². The van der Waals surface area contributed by atoms with Crippen LogP contribution in [0.5, 0.6) is 11.5 Å². The number of phenols is 2. The van der Waals surface area contributed by atoms with Crippen molar-refractivity contribution in [1.29, 1.82) is 0 Å². The van der Waals surface area contributed by atoms with E-state index in [0.717, 1.165) is 6.07 Å². The maximum absolute atomic E-state index is 12.9. The first kappa shape index (κ1) is 20.1. The molecular weight excluding hydrogens is 410 g/mol. The van der Waals surface area contributed by atoms with Crippen LogP contribution in [-0.4, -0.2) is 59.8 Å². The fourth-order valence-electron chi connectivity index (χ4n) is 4.12. The molecule has 1 aliphatic carbocycles. The lowest BCUT2D eigenvalue weighted by atomic mass is 9.82. The Morgan fingerprint density at radius 1 is 0.967 bits per heavy atom.